The molecule has 5 nitrogen and oxygen atoms in total. The minimum absolute atomic E-state index is 0.0626. The van der Waals surface area contributed by atoms with E-state index in [-0.39, 0.29) is 18.0 Å². The Bertz CT molecular complexity index is 1340. The summed E-state index contributed by atoms with van der Waals surface area (Å²) in [5.41, 5.74) is 1.79. The van der Waals surface area contributed by atoms with Gasteiger partial charge in [-0.25, -0.2) is 4.98 Å². The Balaban J connectivity index is 1.18. The second-order valence-electron chi connectivity index (χ2n) is 10.7. The van der Waals surface area contributed by atoms with Crippen molar-refractivity contribution in [1.82, 2.24) is 14.8 Å². The normalized spacial score (nSPS) is 20.9. The van der Waals surface area contributed by atoms with Gasteiger partial charge in [0.25, 0.3) is 0 Å². The quantitative estimate of drug-likeness (QED) is 0.348. The highest BCUT2D eigenvalue weighted by Gasteiger charge is 2.34. The fraction of sp³-hybridized carbons (Fsp3) is 0.467. The zero-order valence-electron chi connectivity index (χ0n) is 22.7. The molecule has 2 aliphatic rings. The molecule has 0 saturated carbocycles. The van der Waals surface area contributed by atoms with Crippen LogP contribution < -0.4 is 4.90 Å². The maximum atomic E-state index is 13.2. The number of alkyl halides is 3. The van der Waals surface area contributed by atoms with Crippen LogP contribution in [0.4, 0.5) is 19.0 Å². The van der Waals surface area contributed by atoms with Crippen LogP contribution >= 0.6 is 11.3 Å². The van der Waals surface area contributed by atoms with Crippen LogP contribution in [-0.4, -0.2) is 65.5 Å². The van der Waals surface area contributed by atoms with E-state index in [0.717, 1.165) is 31.5 Å². The number of benzene rings is 1. The number of amides is 1. The highest BCUT2D eigenvalue weighted by Crippen LogP contribution is 2.32. The van der Waals surface area contributed by atoms with Crippen LogP contribution in [0, 0.1) is 0 Å². The Morgan fingerprint density at radius 1 is 1.10 bits per heavy atom. The maximum absolute atomic E-state index is 13.2. The number of carbonyl (C=O) groups is 1. The number of aromatic nitrogens is 1. The van der Waals surface area contributed by atoms with E-state index in [1.54, 1.807) is 0 Å². The average Bonchev–Trinajstić information content (AvgIpc) is 3.32. The van der Waals surface area contributed by atoms with Gasteiger partial charge in [-0.3, -0.25) is 9.69 Å². The Morgan fingerprint density at radius 2 is 1.87 bits per heavy atom. The average molecular weight is 557 g/mol. The molecule has 5 rings (SSSR count). The van der Waals surface area contributed by atoms with Gasteiger partial charge in [-0.05, 0) is 73.5 Å². The molecule has 1 amide bonds. The lowest BCUT2D eigenvalue weighted by atomic mass is 9.98. The van der Waals surface area contributed by atoms with Gasteiger partial charge in [0.1, 0.15) is 5.82 Å². The molecule has 0 bridgehead atoms. The number of rotatable bonds is 6. The van der Waals surface area contributed by atoms with Crippen molar-refractivity contribution in [2.45, 2.75) is 58.3 Å². The largest absolute Gasteiger partial charge is 0.417 e. The lowest BCUT2D eigenvalue weighted by Crippen LogP contribution is -2.59. The van der Waals surface area contributed by atoms with Crippen LogP contribution in [0.25, 0.3) is 15.7 Å². The maximum Gasteiger partial charge on any atom is 0.417 e. The second kappa shape index (κ2) is 11.3. The first-order valence-corrected chi connectivity index (χ1v) is 14.5. The summed E-state index contributed by atoms with van der Waals surface area (Å²) in [6.07, 6.45) is 1.78. The third-order valence-electron chi connectivity index (χ3n) is 7.81. The highest BCUT2D eigenvalue weighted by molar-refractivity contribution is 7.19. The fourth-order valence-corrected chi connectivity index (χ4v) is 6.82. The van der Waals surface area contributed by atoms with Gasteiger partial charge in [0, 0.05) is 54.0 Å². The predicted molar refractivity (Wildman–Crippen MR) is 152 cm³/mol. The summed E-state index contributed by atoms with van der Waals surface area (Å²) < 4.78 is 40.0. The zero-order valence-corrected chi connectivity index (χ0v) is 23.5. The molecule has 2 aromatic heterocycles. The van der Waals surface area contributed by atoms with E-state index in [4.69, 9.17) is 0 Å². The summed E-state index contributed by atoms with van der Waals surface area (Å²) in [7, 11) is 0. The van der Waals surface area contributed by atoms with Crippen molar-refractivity contribution in [3.63, 3.8) is 0 Å². The van der Waals surface area contributed by atoms with Crippen molar-refractivity contribution >= 4 is 38.7 Å². The first-order chi connectivity index (χ1) is 18.6. The molecule has 0 radical (unpaired) electrons. The molecule has 0 N–H and O–H groups in total. The Labute approximate surface area is 231 Å². The van der Waals surface area contributed by atoms with Crippen molar-refractivity contribution < 1.29 is 18.0 Å². The molecule has 1 aromatic carbocycles. The first-order valence-electron chi connectivity index (χ1n) is 13.7. The van der Waals surface area contributed by atoms with E-state index in [9.17, 15) is 18.0 Å². The van der Waals surface area contributed by atoms with E-state index in [2.05, 4.69) is 61.0 Å². The molecule has 39 heavy (non-hydrogen) atoms. The van der Waals surface area contributed by atoms with E-state index >= 15 is 0 Å². The van der Waals surface area contributed by atoms with Gasteiger partial charge in [0.15, 0.2) is 0 Å². The molecular weight excluding hydrogens is 521 g/mol. The molecule has 9 heteroatoms. The van der Waals surface area contributed by atoms with Crippen molar-refractivity contribution in [3.05, 3.63) is 64.7 Å². The SMILES string of the molecule is CCCc1cc2cc(C3=CCN(C(=O)CN4C(C)CN(c5ccc(C(F)(F)F)cn5)CC4C)CC3)ccc2s1. The Morgan fingerprint density at radius 3 is 2.49 bits per heavy atom. The minimum Gasteiger partial charge on any atom is -0.354 e. The van der Waals surface area contributed by atoms with Crippen LogP contribution in [0.2, 0.25) is 0 Å². The summed E-state index contributed by atoms with van der Waals surface area (Å²) in [4.78, 5) is 24.9. The molecule has 0 aliphatic carbocycles. The number of nitrogens with zero attached hydrogens (tertiary/aromatic N) is 4. The number of anilines is 1. The van der Waals surface area contributed by atoms with Crippen molar-refractivity contribution in [2.24, 2.45) is 0 Å². The number of aryl methyl sites for hydroxylation is 1. The van der Waals surface area contributed by atoms with Gasteiger partial charge >= 0.3 is 6.18 Å². The third-order valence-corrected chi connectivity index (χ3v) is 8.99. The number of pyridine rings is 1. The summed E-state index contributed by atoms with van der Waals surface area (Å²) in [6.45, 7) is 9.16. The molecule has 208 valence electrons. The van der Waals surface area contributed by atoms with Gasteiger partial charge in [-0.2, -0.15) is 13.2 Å². The van der Waals surface area contributed by atoms with Crippen molar-refractivity contribution in [2.75, 3.05) is 37.6 Å². The molecule has 2 atom stereocenters. The molecule has 3 aromatic rings. The van der Waals surface area contributed by atoms with Crippen LogP contribution in [0.15, 0.2) is 48.7 Å². The summed E-state index contributed by atoms with van der Waals surface area (Å²) in [5.74, 6) is 0.645. The molecule has 1 fully saturated rings. The van der Waals surface area contributed by atoms with Crippen molar-refractivity contribution in [1.29, 1.82) is 0 Å². The monoisotopic (exact) mass is 556 g/mol. The van der Waals surface area contributed by atoms with Crippen LogP contribution in [0.1, 0.15) is 49.6 Å². The number of hydrogen-bond donors (Lipinski definition) is 0. The van der Waals surface area contributed by atoms with Gasteiger partial charge in [-0.1, -0.05) is 25.5 Å². The number of halogens is 3. The van der Waals surface area contributed by atoms with Crippen LogP contribution in [0.5, 0.6) is 0 Å². The zero-order chi connectivity index (χ0) is 27.7. The molecule has 2 unspecified atom stereocenters. The summed E-state index contributed by atoms with van der Waals surface area (Å²) in [5, 5.41) is 1.30. The van der Waals surface area contributed by atoms with Gasteiger partial charge in [0.05, 0.1) is 12.1 Å². The number of piperazine rings is 1. The molecule has 4 heterocycles. The number of fused-ring (bicyclic) bond motifs is 1. The lowest BCUT2D eigenvalue weighted by Gasteiger charge is -2.45. The fourth-order valence-electron chi connectivity index (χ4n) is 5.68. The standard InChI is InChI=1S/C30H35F3N4OS/c1-4-5-26-15-24-14-23(6-8-27(24)39-26)22-10-12-35(13-11-22)29(38)19-37-20(2)17-36(18-21(37)3)28-9-7-25(16-34-28)30(31,32)33/h6-10,14-16,20-21H,4-5,11-13,17-19H2,1-3H3. The summed E-state index contributed by atoms with van der Waals surface area (Å²) in [6, 6.07) is 11.6. The van der Waals surface area contributed by atoms with Crippen LogP contribution in [0.3, 0.4) is 0 Å². The molecule has 1 saturated heterocycles. The van der Waals surface area contributed by atoms with Crippen LogP contribution in [-0.2, 0) is 17.4 Å². The predicted octanol–water partition coefficient (Wildman–Crippen LogP) is 6.48. The van der Waals surface area contributed by atoms with Crippen molar-refractivity contribution in [3.8, 4) is 0 Å². The molecule has 0 spiro atoms. The Hall–Kier alpha value is -2.91. The topological polar surface area (TPSA) is 39.7 Å². The molecule has 2 aliphatic heterocycles. The highest BCUT2D eigenvalue weighted by atomic mass is 32.1. The molecular formula is C30H35F3N4OS. The number of carbonyl (C=O) groups excluding carboxylic acids is 1. The first kappa shape index (κ1) is 27.6. The minimum atomic E-state index is -4.40. The van der Waals surface area contributed by atoms with Gasteiger partial charge < -0.3 is 9.80 Å². The van der Waals surface area contributed by atoms with E-state index in [0.29, 0.717) is 38.5 Å². The van der Waals surface area contributed by atoms with E-state index in [1.165, 1.54) is 32.2 Å². The Kier molecular flexibility index (Phi) is 8.01. The lowest BCUT2D eigenvalue weighted by molar-refractivity contribution is -0.137. The smallest absolute Gasteiger partial charge is 0.354 e. The summed E-state index contributed by atoms with van der Waals surface area (Å²) >= 11 is 1.87. The second-order valence-corrected chi connectivity index (χ2v) is 11.9. The van der Waals surface area contributed by atoms with Gasteiger partial charge in [-0.15, -0.1) is 11.3 Å². The van der Waals surface area contributed by atoms with E-state index in [1.807, 2.05) is 21.1 Å². The van der Waals surface area contributed by atoms with Gasteiger partial charge in [0.2, 0.25) is 5.91 Å². The number of thiophene rings is 1. The third kappa shape index (κ3) is 6.14. The van der Waals surface area contributed by atoms with E-state index < -0.39 is 11.7 Å². The number of hydrogen-bond acceptors (Lipinski definition) is 5.